The third-order valence-electron chi connectivity index (χ3n) is 7.59. The van der Waals surface area contributed by atoms with Gasteiger partial charge in [0.2, 0.25) is 0 Å². The number of carbonyl (C=O) groups excluding carboxylic acids is 2. The Kier molecular flexibility index (Phi) is 4.29. The van der Waals surface area contributed by atoms with Crippen molar-refractivity contribution in [2.24, 2.45) is 22.7 Å². The van der Waals surface area contributed by atoms with Crippen LogP contribution in [0.15, 0.2) is 29.3 Å². The van der Waals surface area contributed by atoms with Gasteiger partial charge in [0.1, 0.15) is 5.54 Å². The lowest BCUT2D eigenvalue weighted by Gasteiger charge is -2.39. The number of nitrogens with one attached hydrogen (secondary N) is 3. The lowest BCUT2D eigenvalue weighted by molar-refractivity contribution is -0.125. The number of likely N-dealkylation sites (tertiary alicyclic amines) is 1. The molecule has 3 fully saturated rings. The van der Waals surface area contributed by atoms with Gasteiger partial charge in [-0.15, -0.1) is 0 Å². The minimum atomic E-state index is -0.793. The van der Waals surface area contributed by atoms with Crippen molar-refractivity contribution >= 4 is 17.9 Å². The molecule has 29 heavy (non-hydrogen) atoms. The molecule has 4 aliphatic rings. The first-order valence-electron chi connectivity index (χ1n) is 10.7. The number of nitrogens with zero attached hydrogens (tertiary/aromatic N) is 2. The van der Waals surface area contributed by atoms with Gasteiger partial charge in [0.25, 0.3) is 5.91 Å². The minimum absolute atomic E-state index is 0.141. The third-order valence-corrected chi connectivity index (χ3v) is 7.59. The Labute approximate surface area is 171 Å². The maximum Gasteiger partial charge on any atom is 0.322 e. The molecule has 2 aliphatic carbocycles. The van der Waals surface area contributed by atoms with Crippen LogP contribution < -0.4 is 16.0 Å². The summed E-state index contributed by atoms with van der Waals surface area (Å²) in [7, 11) is 1.84. The van der Waals surface area contributed by atoms with Crippen molar-refractivity contribution in [1.29, 1.82) is 0 Å². The number of rotatable bonds is 3. The van der Waals surface area contributed by atoms with Crippen molar-refractivity contribution in [3.63, 3.8) is 0 Å². The minimum Gasteiger partial charge on any atom is -0.356 e. The van der Waals surface area contributed by atoms with E-state index in [-0.39, 0.29) is 17.9 Å². The van der Waals surface area contributed by atoms with Crippen LogP contribution >= 0.6 is 0 Å². The maximum absolute atomic E-state index is 12.2. The monoisotopic (exact) mass is 395 g/mol. The van der Waals surface area contributed by atoms with Crippen LogP contribution in [0, 0.1) is 17.8 Å². The number of hydrogen-bond donors (Lipinski definition) is 3. The highest BCUT2D eigenvalue weighted by molar-refractivity contribution is 6.07. The Morgan fingerprint density at radius 2 is 2.03 bits per heavy atom. The van der Waals surface area contributed by atoms with E-state index in [4.69, 9.17) is 0 Å². The van der Waals surface area contributed by atoms with Crippen molar-refractivity contribution < 1.29 is 9.59 Å². The summed E-state index contributed by atoms with van der Waals surface area (Å²) in [5.41, 5.74) is 2.28. The molecule has 1 aromatic carbocycles. The summed E-state index contributed by atoms with van der Waals surface area (Å²) in [4.78, 5) is 30.5. The first-order chi connectivity index (χ1) is 14.0. The fourth-order valence-electron chi connectivity index (χ4n) is 5.82. The van der Waals surface area contributed by atoms with Crippen LogP contribution in [0.3, 0.4) is 0 Å². The summed E-state index contributed by atoms with van der Waals surface area (Å²) in [6.45, 7) is 4.48. The molecule has 0 bridgehead atoms. The van der Waals surface area contributed by atoms with Gasteiger partial charge in [0.15, 0.2) is 5.96 Å². The molecule has 2 heterocycles. The van der Waals surface area contributed by atoms with Gasteiger partial charge in [0.05, 0.1) is 0 Å². The molecule has 7 nitrogen and oxygen atoms in total. The summed E-state index contributed by atoms with van der Waals surface area (Å²) in [6, 6.07) is 8.47. The second-order valence-electron chi connectivity index (χ2n) is 9.06. The molecule has 0 spiro atoms. The van der Waals surface area contributed by atoms with Gasteiger partial charge in [-0.25, -0.2) is 4.79 Å². The molecule has 1 saturated carbocycles. The van der Waals surface area contributed by atoms with Gasteiger partial charge >= 0.3 is 6.03 Å². The van der Waals surface area contributed by atoms with E-state index in [2.05, 4.69) is 50.1 Å². The second kappa shape index (κ2) is 6.75. The van der Waals surface area contributed by atoms with Gasteiger partial charge in [-0.1, -0.05) is 24.3 Å². The van der Waals surface area contributed by atoms with E-state index >= 15 is 0 Å². The lowest BCUT2D eigenvalue weighted by atomic mass is 9.79. The number of fused-ring (bicyclic) bond motifs is 3. The lowest BCUT2D eigenvalue weighted by Crippen LogP contribution is -2.55. The zero-order valence-electron chi connectivity index (χ0n) is 17.1. The van der Waals surface area contributed by atoms with Crippen molar-refractivity contribution in [3.05, 3.63) is 35.4 Å². The van der Waals surface area contributed by atoms with E-state index in [1.807, 2.05) is 14.0 Å². The molecular weight excluding hydrogens is 366 g/mol. The van der Waals surface area contributed by atoms with Crippen LogP contribution in [0.2, 0.25) is 0 Å². The molecule has 0 aromatic heterocycles. The van der Waals surface area contributed by atoms with Crippen molar-refractivity contribution in [2.75, 3.05) is 26.7 Å². The number of urea groups is 1. The van der Waals surface area contributed by atoms with E-state index in [1.54, 1.807) is 5.56 Å². The number of guanidine groups is 1. The molecule has 2 aliphatic heterocycles. The smallest absolute Gasteiger partial charge is 0.322 e. The van der Waals surface area contributed by atoms with Crippen LogP contribution in [0.1, 0.15) is 36.8 Å². The summed E-state index contributed by atoms with van der Waals surface area (Å²) < 4.78 is 0. The van der Waals surface area contributed by atoms with E-state index in [1.165, 1.54) is 12.0 Å². The highest BCUT2D eigenvalue weighted by Crippen LogP contribution is 2.60. The molecule has 7 heteroatoms. The first kappa shape index (κ1) is 18.5. The highest BCUT2D eigenvalue weighted by atomic mass is 16.2. The number of amides is 3. The summed E-state index contributed by atoms with van der Waals surface area (Å²) >= 11 is 0. The Morgan fingerprint density at radius 3 is 2.72 bits per heavy atom. The fourth-order valence-corrected chi connectivity index (χ4v) is 5.82. The molecule has 4 unspecified atom stereocenters. The largest absolute Gasteiger partial charge is 0.356 e. The predicted molar refractivity (Wildman–Crippen MR) is 111 cm³/mol. The Morgan fingerprint density at radius 1 is 1.28 bits per heavy atom. The normalized spacial score (nSPS) is 33.8. The molecular formula is C22H29N5O2. The average Bonchev–Trinajstić information content (AvgIpc) is 3.12. The summed E-state index contributed by atoms with van der Waals surface area (Å²) in [5, 5.41) is 8.80. The van der Waals surface area contributed by atoms with E-state index in [0.29, 0.717) is 11.8 Å². The number of benzene rings is 1. The van der Waals surface area contributed by atoms with E-state index < -0.39 is 5.54 Å². The number of piperidine rings is 1. The molecule has 2 saturated heterocycles. The molecule has 1 aromatic rings. The SMILES string of the molecule is CN=C(NCC1C2Cc3ccccc3C12)N1CCC(C2(C)NC(=O)NC2=O)CC1. The summed E-state index contributed by atoms with van der Waals surface area (Å²) in [6.07, 6.45) is 2.92. The zero-order chi connectivity index (χ0) is 20.2. The van der Waals surface area contributed by atoms with Crippen LogP contribution in [-0.4, -0.2) is 55.0 Å². The first-order valence-corrected chi connectivity index (χ1v) is 10.7. The van der Waals surface area contributed by atoms with Gasteiger partial charge in [-0.05, 0) is 61.0 Å². The molecule has 4 atom stereocenters. The Bertz CT molecular complexity index is 876. The standard InChI is InChI=1S/C22H29N5O2/c1-22(19(28)25-21(29)26-22)14-7-9-27(10-8-14)20(23-2)24-12-17-16-11-13-5-3-4-6-15(13)18(16)17/h3-6,14,16-18H,7-12H2,1-2H3,(H,23,24)(H2,25,26,28,29). The topological polar surface area (TPSA) is 85.8 Å². The number of hydrogen-bond acceptors (Lipinski definition) is 3. The van der Waals surface area contributed by atoms with E-state index in [0.717, 1.165) is 44.4 Å². The molecule has 3 amide bonds. The van der Waals surface area contributed by atoms with Crippen molar-refractivity contribution in [2.45, 2.75) is 37.6 Å². The van der Waals surface area contributed by atoms with E-state index in [9.17, 15) is 9.59 Å². The number of carbonyl (C=O) groups is 2. The highest BCUT2D eigenvalue weighted by Gasteiger charge is 2.55. The third kappa shape index (κ3) is 2.98. The summed E-state index contributed by atoms with van der Waals surface area (Å²) in [5.74, 6) is 3.09. The molecule has 5 rings (SSSR count). The number of imide groups is 1. The van der Waals surface area contributed by atoms with Gasteiger partial charge in [-0.3, -0.25) is 15.1 Å². The Hall–Kier alpha value is -2.57. The van der Waals surface area contributed by atoms with Crippen molar-refractivity contribution in [3.8, 4) is 0 Å². The fraction of sp³-hybridized carbons (Fsp3) is 0.591. The van der Waals surface area contributed by atoms with Gasteiger partial charge in [-0.2, -0.15) is 0 Å². The second-order valence-corrected chi connectivity index (χ2v) is 9.06. The average molecular weight is 396 g/mol. The van der Waals surface area contributed by atoms with Crippen LogP contribution in [0.4, 0.5) is 4.79 Å². The number of aliphatic imine (C=N–C) groups is 1. The predicted octanol–water partition coefficient (Wildman–Crippen LogP) is 1.46. The molecule has 154 valence electrons. The maximum atomic E-state index is 12.2. The van der Waals surface area contributed by atoms with Crippen molar-refractivity contribution in [1.82, 2.24) is 20.9 Å². The van der Waals surface area contributed by atoms with Crippen LogP contribution in [0.5, 0.6) is 0 Å². The Balaban J connectivity index is 1.14. The quantitative estimate of drug-likeness (QED) is 0.411. The van der Waals surface area contributed by atoms with Gasteiger partial charge < -0.3 is 15.5 Å². The van der Waals surface area contributed by atoms with Gasteiger partial charge in [0, 0.05) is 26.7 Å². The molecule has 3 N–H and O–H groups in total. The van der Waals surface area contributed by atoms with Crippen LogP contribution in [0.25, 0.3) is 0 Å². The van der Waals surface area contributed by atoms with Crippen LogP contribution in [-0.2, 0) is 11.2 Å². The molecule has 0 radical (unpaired) electrons. The zero-order valence-corrected chi connectivity index (χ0v) is 17.1.